The zero-order valence-electron chi connectivity index (χ0n) is 37.5. The van der Waals surface area contributed by atoms with Crippen molar-refractivity contribution in [2.24, 2.45) is 0 Å². The molecule has 0 spiro atoms. The van der Waals surface area contributed by atoms with Crippen molar-refractivity contribution in [1.29, 1.82) is 0 Å². The normalized spacial score (nSPS) is 13.9. The van der Waals surface area contributed by atoms with E-state index < -0.39 is 0 Å². The van der Waals surface area contributed by atoms with E-state index in [1.165, 1.54) is 83.0 Å². The van der Waals surface area contributed by atoms with Gasteiger partial charge >= 0.3 is 0 Å². The molecule has 318 valence electrons. The van der Waals surface area contributed by atoms with E-state index in [9.17, 15) is 0 Å². The van der Waals surface area contributed by atoms with Gasteiger partial charge < -0.3 is 9.47 Å². The smallest absolute Gasteiger partial charge is 0.0541 e. The molecule has 1 heterocycles. The Morgan fingerprint density at radius 2 is 0.881 bits per heavy atom. The van der Waals surface area contributed by atoms with E-state index in [1.807, 2.05) is 6.08 Å². The molecule has 0 radical (unpaired) electrons. The van der Waals surface area contributed by atoms with Crippen LogP contribution >= 0.6 is 0 Å². The number of aromatic nitrogens is 1. The highest BCUT2D eigenvalue weighted by atomic mass is 15.1. The Bertz CT molecular complexity index is 3590. The minimum atomic E-state index is -0.269. The summed E-state index contributed by atoms with van der Waals surface area (Å²) in [6, 6.07) is 89.2. The SMILES string of the molecule is C=Cc1ccc(-c2ccc3c(c2)c2cc(-c4ccc(N(c5ccc(-c6ccccc6)cc5)c5ccc6c(c5)C(CC)(c5ccccc5)c5ccccc5-6)cc4)ccc2n3-c2ccccc2)cc1. The van der Waals surface area contributed by atoms with Crippen molar-refractivity contribution >= 4 is 44.9 Å². The van der Waals surface area contributed by atoms with Gasteiger partial charge in [0.05, 0.1) is 11.0 Å². The molecular weight excluding hydrogens is 809 g/mol. The van der Waals surface area contributed by atoms with Crippen LogP contribution in [0.25, 0.3) is 78.1 Å². The van der Waals surface area contributed by atoms with Crippen LogP contribution in [0.3, 0.4) is 0 Å². The van der Waals surface area contributed by atoms with Crippen LogP contribution in [-0.4, -0.2) is 4.57 Å². The van der Waals surface area contributed by atoms with Crippen molar-refractivity contribution < 1.29 is 0 Å². The summed E-state index contributed by atoms with van der Waals surface area (Å²) < 4.78 is 2.39. The summed E-state index contributed by atoms with van der Waals surface area (Å²) in [6.07, 6.45) is 2.84. The van der Waals surface area contributed by atoms with E-state index in [4.69, 9.17) is 0 Å². The van der Waals surface area contributed by atoms with Crippen molar-refractivity contribution in [2.45, 2.75) is 18.8 Å². The maximum Gasteiger partial charge on any atom is 0.0541 e. The molecule has 1 unspecified atom stereocenters. The van der Waals surface area contributed by atoms with Crippen LogP contribution in [-0.2, 0) is 5.41 Å². The number of anilines is 3. The number of hydrogen-bond acceptors (Lipinski definition) is 1. The Morgan fingerprint density at radius 3 is 1.46 bits per heavy atom. The maximum absolute atomic E-state index is 3.96. The van der Waals surface area contributed by atoms with Gasteiger partial charge in [0.15, 0.2) is 0 Å². The molecule has 0 amide bonds. The molecule has 0 saturated carbocycles. The fourth-order valence-electron chi connectivity index (χ4n) is 10.8. The van der Waals surface area contributed by atoms with Gasteiger partial charge in [0.2, 0.25) is 0 Å². The molecule has 0 saturated heterocycles. The van der Waals surface area contributed by atoms with E-state index in [1.54, 1.807) is 0 Å². The van der Waals surface area contributed by atoms with Crippen molar-refractivity contribution in [3.63, 3.8) is 0 Å². The van der Waals surface area contributed by atoms with Gasteiger partial charge in [-0.25, -0.2) is 0 Å². The minimum absolute atomic E-state index is 0.269. The molecule has 1 atom stereocenters. The van der Waals surface area contributed by atoms with Crippen LogP contribution in [0.15, 0.2) is 249 Å². The highest BCUT2D eigenvalue weighted by molar-refractivity contribution is 6.11. The van der Waals surface area contributed by atoms with E-state index in [0.717, 1.165) is 34.7 Å². The number of nitrogens with zero attached hydrogens (tertiary/aromatic N) is 2. The lowest BCUT2D eigenvalue weighted by atomic mass is 9.70. The van der Waals surface area contributed by atoms with E-state index in [-0.39, 0.29) is 5.41 Å². The largest absolute Gasteiger partial charge is 0.310 e. The lowest BCUT2D eigenvalue weighted by molar-refractivity contribution is 0.609. The molecule has 1 aliphatic rings. The van der Waals surface area contributed by atoms with Gasteiger partial charge in [0, 0.05) is 38.9 Å². The molecule has 10 aromatic carbocycles. The summed E-state index contributed by atoms with van der Waals surface area (Å²) >= 11 is 0. The number of rotatable bonds is 10. The predicted molar refractivity (Wildman–Crippen MR) is 284 cm³/mol. The molecule has 1 aliphatic carbocycles. The third kappa shape index (κ3) is 6.72. The number of hydrogen-bond donors (Lipinski definition) is 0. The number of benzene rings is 10. The zero-order valence-corrected chi connectivity index (χ0v) is 37.5. The second-order valence-electron chi connectivity index (χ2n) is 17.7. The monoisotopic (exact) mass is 856 g/mol. The molecular formula is C65H48N2. The third-order valence-electron chi connectivity index (χ3n) is 14.1. The van der Waals surface area contributed by atoms with Crippen LogP contribution in [0.1, 0.15) is 35.6 Å². The van der Waals surface area contributed by atoms with Gasteiger partial charge in [-0.05, 0) is 146 Å². The Hall–Kier alpha value is -8.46. The average molecular weight is 857 g/mol. The summed E-state index contributed by atoms with van der Waals surface area (Å²) in [5.41, 5.74) is 21.5. The Balaban J connectivity index is 0.984. The second kappa shape index (κ2) is 16.5. The lowest BCUT2D eigenvalue weighted by Crippen LogP contribution is -2.26. The summed E-state index contributed by atoms with van der Waals surface area (Å²) in [7, 11) is 0. The van der Waals surface area contributed by atoms with Gasteiger partial charge in [-0.1, -0.05) is 189 Å². The zero-order chi connectivity index (χ0) is 44.9. The average Bonchev–Trinajstić information content (AvgIpc) is 3.89. The predicted octanol–water partition coefficient (Wildman–Crippen LogP) is 17.6. The second-order valence-corrected chi connectivity index (χ2v) is 17.7. The summed E-state index contributed by atoms with van der Waals surface area (Å²) in [4.78, 5) is 2.42. The molecule has 0 bridgehead atoms. The molecule has 1 aromatic heterocycles. The Kier molecular flexibility index (Phi) is 9.88. The topological polar surface area (TPSA) is 8.17 Å². The molecule has 0 fully saturated rings. The Morgan fingerprint density at radius 1 is 0.418 bits per heavy atom. The van der Waals surface area contributed by atoms with Crippen molar-refractivity contribution in [1.82, 2.24) is 4.57 Å². The van der Waals surface area contributed by atoms with Crippen LogP contribution in [0, 0.1) is 0 Å². The highest BCUT2D eigenvalue weighted by Crippen LogP contribution is 2.55. The van der Waals surface area contributed by atoms with Crippen LogP contribution in [0.4, 0.5) is 17.1 Å². The van der Waals surface area contributed by atoms with Crippen LogP contribution in [0.2, 0.25) is 0 Å². The van der Waals surface area contributed by atoms with Crippen molar-refractivity contribution in [3.05, 3.63) is 271 Å². The van der Waals surface area contributed by atoms with Crippen LogP contribution < -0.4 is 4.90 Å². The molecule has 12 rings (SSSR count). The standard InChI is InChI=1S/C65H48N2/c1-3-45-24-26-48(27-25-45)50-32-40-63-59(42-50)60-43-51(33-41-64(60)67(63)53-20-12-7-13-21-53)49-30-36-55(37-31-49)66(54-34-28-47(29-35-54)46-16-8-5-9-17-46)56-38-39-58-57-22-14-15-23-61(57)65(4-2,62(58)44-56)52-18-10-6-11-19-52/h3,5-44H,1,4H2,2H3. The van der Waals surface area contributed by atoms with Gasteiger partial charge in [-0.3, -0.25) is 0 Å². The summed E-state index contributed by atoms with van der Waals surface area (Å²) in [5.74, 6) is 0. The molecule has 0 N–H and O–H groups in total. The van der Waals surface area contributed by atoms with Gasteiger partial charge in [0.1, 0.15) is 0 Å². The number of fused-ring (bicyclic) bond motifs is 6. The fraction of sp³-hybridized carbons (Fsp3) is 0.0462. The molecule has 0 aliphatic heterocycles. The minimum Gasteiger partial charge on any atom is -0.310 e. The van der Waals surface area contributed by atoms with Crippen LogP contribution in [0.5, 0.6) is 0 Å². The van der Waals surface area contributed by atoms with Gasteiger partial charge in [0.25, 0.3) is 0 Å². The van der Waals surface area contributed by atoms with Gasteiger partial charge in [-0.15, -0.1) is 0 Å². The molecule has 11 aromatic rings. The van der Waals surface area contributed by atoms with Crippen molar-refractivity contribution in [3.8, 4) is 50.2 Å². The number of para-hydroxylation sites is 1. The first-order valence-corrected chi connectivity index (χ1v) is 23.3. The Labute approximate surface area is 393 Å². The molecule has 67 heavy (non-hydrogen) atoms. The molecule has 2 nitrogen and oxygen atoms in total. The first-order valence-electron chi connectivity index (χ1n) is 23.3. The molecule has 2 heteroatoms. The van der Waals surface area contributed by atoms with E-state index in [2.05, 4.69) is 266 Å². The summed E-state index contributed by atoms with van der Waals surface area (Å²) in [5, 5.41) is 2.45. The van der Waals surface area contributed by atoms with Gasteiger partial charge in [-0.2, -0.15) is 0 Å². The maximum atomic E-state index is 3.96. The van der Waals surface area contributed by atoms with E-state index >= 15 is 0 Å². The first kappa shape index (κ1) is 40.1. The fourth-order valence-corrected chi connectivity index (χ4v) is 10.8. The first-order chi connectivity index (χ1) is 33.1. The quantitative estimate of drug-likeness (QED) is 0.133. The van der Waals surface area contributed by atoms with Crippen molar-refractivity contribution in [2.75, 3.05) is 4.90 Å². The van der Waals surface area contributed by atoms with E-state index in [0.29, 0.717) is 0 Å². The summed E-state index contributed by atoms with van der Waals surface area (Å²) in [6.45, 7) is 6.29. The highest BCUT2D eigenvalue weighted by Gasteiger charge is 2.43. The lowest BCUT2D eigenvalue weighted by Gasteiger charge is -2.33. The third-order valence-corrected chi connectivity index (χ3v) is 14.1.